The van der Waals surface area contributed by atoms with Crippen molar-refractivity contribution in [3.8, 4) is 5.75 Å². The molecule has 1 aliphatic rings. The van der Waals surface area contributed by atoms with E-state index in [0.29, 0.717) is 24.3 Å². The smallest absolute Gasteiger partial charge is 0.326 e. The first-order chi connectivity index (χ1) is 10.9. The summed E-state index contributed by atoms with van der Waals surface area (Å²) in [5, 5.41) is 9.25. The maximum absolute atomic E-state index is 12.5. The number of carboxylic acid groups (broad SMARTS) is 1. The lowest BCUT2D eigenvalue weighted by atomic mass is 10.0. The maximum Gasteiger partial charge on any atom is 0.326 e. The monoisotopic (exact) mass is 319 g/mol. The Hall–Kier alpha value is -2.37. The molecule has 0 spiro atoms. The number of carboxylic acids is 1. The van der Waals surface area contributed by atoms with Crippen LogP contribution < -0.4 is 4.74 Å². The first-order valence-corrected chi connectivity index (χ1v) is 7.71. The van der Waals surface area contributed by atoms with Crippen molar-refractivity contribution >= 4 is 17.7 Å². The van der Waals surface area contributed by atoms with Gasteiger partial charge in [0.2, 0.25) is 0 Å². The standard InChI is InChI=1S/C17H21NO5/c1-11(19)13-6-5-7-14(10-13)23-12(2)16(20)18-9-4-3-8-15(18)17(21)22/h5-7,10,12,15H,3-4,8-9H2,1-2H3,(H,21,22). The molecular weight excluding hydrogens is 298 g/mol. The number of hydrogen-bond acceptors (Lipinski definition) is 4. The number of rotatable bonds is 5. The number of aliphatic carboxylic acids is 1. The largest absolute Gasteiger partial charge is 0.481 e. The van der Waals surface area contributed by atoms with E-state index in [-0.39, 0.29) is 11.7 Å². The van der Waals surface area contributed by atoms with E-state index in [9.17, 15) is 19.5 Å². The highest BCUT2D eigenvalue weighted by molar-refractivity contribution is 5.94. The molecule has 2 atom stereocenters. The van der Waals surface area contributed by atoms with Crippen molar-refractivity contribution in [3.05, 3.63) is 29.8 Å². The molecule has 124 valence electrons. The fourth-order valence-corrected chi connectivity index (χ4v) is 2.73. The molecule has 0 radical (unpaired) electrons. The molecule has 1 fully saturated rings. The Morgan fingerprint density at radius 1 is 1.30 bits per heavy atom. The number of hydrogen-bond donors (Lipinski definition) is 1. The van der Waals surface area contributed by atoms with Gasteiger partial charge in [0.05, 0.1) is 0 Å². The number of carbonyl (C=O) groups excluding carboxylic acids is 2. The summed E-state index contributed by atoms with van der Waals surface area (Å²) in [4.78, 5) is 36.6. The van der Waals surface area contributed by atoms with Crippen molar-refractivity contribution < 1.29 is 24.2 Å². The van der Waals surface area contributed by atoms with Crippen molar-refractivity contribution in [1.29, 1.82) is 0 Å². The molecule has 1 aromatic carbocycles. The molecule has 23 heavy (non-hydrogen) atoms. The molecule has 1 amide bonds. The Bertz CT molecular complexity index is 613. The fraction of sp³-hybridized carbons (Fsp3) is 0.471. The van der Waals surface area contributed by atoms with Gasteiger partial charge in [0.1, 0.15) is 11.8 Å². The molecule has 1 heterocycles. The van der Waals surface area contributed by atoms with Crippen molar-refractivity contribution in [2.75, 3.05) is 6.54 Å². The van der Waals surface area contributed by atoms with Crippen molar-refractivity contribution in [1.82, 2.24) is 4.90 Å². The first kappa shape index (κ1) is 17.0. The molecule has 0 bridgehead atoms. The number of ketones is 1. The van der Waals surface area contributed by atoms with Gasteiger partial charge in [0, 0.05) is 12.1 Å². The van der Waals surface area contributed by atoms with Gasteiger partial charge in [0.15, 0.2) is 11.9 Å². The van der Waals surface area contributed by atoms with Gasteiger partial charge >= 0.3 is 5.97 Å². The summed E-state index contributed by atoms with van der Waals surface area (Å²) in [5.74, 6) is -0.993. The van der Waals surface area contributed by atoms with Crippen LogP contribution in [0.15, 0.2) is 24.3 Å². The maximum atomic E-state index is 12.5. The summed E-state index contributed by atoms with van der Waals surface area (Å²) in [6.07, 6.45) is 1.25. The van der Waals surface area contributed by atoms with Crippen LogP contribution in [0.5, 0.6) is 5.75 Å². The van der Waals surface area contributed by atoms with Crippen LogP contribution in [0.2, 0.25) is 0 Å². The molecule has 2 unspecified atom stereocenters. The van der Waals surface area contributed by atoms with Crippen LogP contribution in [0.3, 0.4) is 0 Å². The highest BCUT2D eigenvalue weighted by Crippen LogP contribution is 2.21. The van der Waals surface area contributed by atoms with Crippen LogP contribution in [-0.2, 0) is 9.59 Å². The molecule has 1 aliphatic heterocycles. The number of Topliss-reactive ketones (excluding diaryl/α,β-unsaturated/α-hetero) is 1. The lowest BCUT2D eigenvalue weighted by Gasteiger charge is -2.34. The van der Waals surface area contributed by atoms with E-state index in [1.807, 2.05) is 0 Å². The highest BCUT2D eigenvalue weighted by atomic mass is 16.5. The van der Waals surface area contributed by atoms with Crippen LogP contribution in [-0.4, -0.2) is 46.4 Å². The summed E-state index contributed by atoms with van der Waals surface area (Å²) in [6, 6.07) is 5.82. The molecular formula is C17H21NO5. The number of carbonyl (C=O) groups is 3. The average Bonchev–Trinajstić information content (AvgIpc) is 2.54. The SMILES string of the molecule is CC(=O)c1cccc(OC(C)C(=O)N2CCCCC2C(=O)O)c1. The summed E-state index contributed by atoms with van der Waals surface area (Å²) in [7, 11) is 0. The average molecular weight is 319 g/mol. The summed E-state index contributed by atoms with van der Waals surface area (Å²) < 4.78 is 5.61. The van der Waals surface area contributed by atoms with E-state index in [1.165, 1.54) is 11.8 Å². The predicted molar refractivity (Wildman–Crippen MR) is 83.5 cm³/mol. The van der Waals surface area contributed by atoms with Gasteiger partial charge in [-0.2, -0.15) is 0 Å². The van der Waals surface area contributed by atoms with Gasteiger partial charge < -0.3 is 14.7 Å². The fourth-order valence-electron chi connectivity index (χ4n) is 2.73. The van der Waals surface area contributed by atoms with Crippen LogP contribution in [0.25, 0.3) is 0 Å². The van der Waals surface area contributed by atoms with E-state index in [1.54, 1.807) is 31.2 Å². The van der Waals surface area contributed by atoms with Crippen molar-refractivity contribution in [2.24, 2.45) is 0 Å². The lowest BCUT2D eigenvalue weighted by molar-refractivity contribution is -0.155. The van der Waals surface area contributed by atoms with Gasteiger partial charge in [-0.1, -0.05) is 12.1 Å². The number of piperidine rings is 1. The van der Waals surface area contributed by atoms with Crippen LogP contribution in [0, 0.1) is 0 Å². The van der Waals surface area contributed by atoms with E-state index >= 15 is 0 Å². The third kappa shape index (κ3) is 4.09. The van der Waals surface area contributed by atoms with E-state index in [0.717, 1.165) is 12.8 Å². The molecule has 1 aromatic rings. The zero-order valence-corrected chi connectivity index (χ0v) is 13.3. The minimum absolute atomic E-state index is 0.0867. The number of likely N-dealkylation sites (tertiary alicyclic amines) is 1. The van der Waals surface area contributed by atoms with E-state index in [4.69, 9.17) is 4.74 Å². The predicted octanol–water partition coefficient (Wildman–Crippen LogP) is 2.12. The topological polar surface area (TPSA) is 83.9 Å². The van der Waals surface area contributed by atoms with Gasteiger partial charge in [-0.3, -0.25) is 9.59 Å². The third-order valence-corrected chi connectivity index (χ3v) is 3.97. The number of ether oxygens (including phenoxy) is 1. The third-order valence-electron chi connectivity index (χ3n) is 3.97. The van der Waals surface area contributed by atoms with E-state index < -0.39 is 18.1 Å². The van der Waals surface area contributed by atoms with Gasteiger partial charge in [-0.15, -0.1) is 0 Å². The van der Waals surface area contributed by atoms with Gasteiger partial charge in [0.25, 0.3) is 5.91 Å². The number of benzene rings is 1. The number of amides is 1. The van der Waals surface area contributed by atoms with Gasteiger partial charge in [-0.05, 0) is 45.2 Å². The molecule has 6 nitrogen and oxygen atoms in total. The minimum Gasteiger partial charge on any atom is -0.481 e. The second-order valence-corrected chi connectivity index (χ2v) is 5.73. The first-order valence-electron chi connectivity index (χ1n) is 7.71. The molecule has 1 N–H and O–H groups in total. The second-order valence-electron chi connectivity index (χ2n) is 5.73. The number of nitrogens with zero attached hydrogens (tertiary/aromatic N) is 1. The van der Waals surface area contributed by atoms with Crippen LogP contribution in [0.1, 0.15) is 43.5 Å². The Kier molecular flexibility index (Phi) is 5.36. The molecule has 0 saturated carbocycles. The zero-order chi connectivity index (χ0) is 17.0. The highest BCUT2D eigenvalue weighted by Gasteiger charge is 2.34. The minimum atomic E-state index is -0.983. The zero-order valence-electron chi connectivity index (χ0n) is 13.3. The van der Waals surface area contributed by atoms with Crippen LogP contribution >= 0.6 is 0 Å². The van der Waals surface area contributed by atoms with Gasteiger partial charge in [-0.25, -0.2) is 4.79 Å². The van der Waals surface area contributed by atoms with Crippen molar-refractivity contribution in [2.45, 2.75) is 45.3 Å². The second kappa shape index (κ2) is 7.26. The molecule has 1 saturated heterocycles. The normalized spacial score (nSPS) is 19.0. The molecule has 0 aromatic heterocycles. The Morgan fingerprint density at radius 3 is 2.70 bits per heavy atom. The van der Waals surface area contributed by atoms with Crippen LogP contribution in [0.4, 0.5) is 0 Å². The quantitative estimate of drug-likeness (QED) is 0.840. The molecule has 0 aliphatic carbocycles. The Balaban J connectivity index is 2.08. The molecule has 6 heteroatoms. The summed E-state index contributed by atoms with van der Waals surface area (Å²) >= 11 is 0. The Labute approximate surface area is 135 Å². The summed E-state index contributed by atoms with van der Waals surface area (Å²) in [6.45, 7) is 3.48. The Morgan fingerprint density at radius 2 is 2.04 bits per heavy atom. The van der Waals surface area contributed by atoms with E-state index in [2.05, 4.69) is 0 Å². The van der Waals surface area contributed by atoms with Crippen molar-refractivity contribution in [3.63, 3.8) is 0 Å². The summed E-state index contributed by atoms with van der Waals surface area (Å²) in [5.41, 5.74) is 0.503. The molecule has 2 rings (SSSR count). The lowest BCUT2D eigenvalue weighted by Crippen LogP contribution is -2.52.